The van der Waals surface area contributed by atoms with Crippen LogP contribution >= 0.6 is 0 Å². The summed E-state index contributed by atoms with van der Waals surface area (Å²) in [5, 5.41) is 0. The molecule has 0 spiro atoms. The average molecular weight is 357 g/mol. The lowest BCUT2D eigenvalue weighted by molar-refractivity contribution is 0.561. The Labute approximate surface area is 149 Å². The third-order valence-electron chi connectivity index (χ3n) is 4.45. The second kappa shape index (κ2) is 7.27. The van der Waals surface area contributed by atoms with Crippen molar-refractivity contribution in [1.29, 1.82) is 0 Å². The van der Waals surface area contributed by atoms with Gasteiger partial charge in [0.05, 0.1) is 10.7 Å². The van der Waals surface area contributed by atoms with Gasteiger partial charge >= 0.3 is 0 Å². The number of nitrogens with one attached hydrogen (secondary N) is 1. The molecule has 0 saturated carbocycles. The van der Waals surface area contributed by atoms with Crippen LogP contribution in [0, 0.1) is 0 Å². The average Bonchev–Trinajstić information content (AvgIpc) is 2.60. The van der Waals surface area contributed by atoms with Crippen molar-refractivity contribution < 1.29 is 8.42 Å². The van der Waals surface area contributed by atoms with E-state index in [1.807, 2.05) is 18.2 Å². The molecule has 0 fully saturated rings. The molecule has 25 heavy (non-hydrogen) atoms. The van der Waals surface area contributed by atoms with Crippen LogP contribution in [-0.4, -0.2) is 20.8 Å². The highest BCUT2D eigenvalue weighted by Gasteiger charge is 2.21. The number of hydrogen-bond donors (Lipinski definition) is 2. The van der Waals surface area contributed by atoms with E-state index in [2.05, 4.69) is 9.71 Å². The fourth-order valence-electron chi connectivity index (χ4n) is 3.24. The monoisotopic (exact) mass is 357 g/mol. The van der Waals surface area contributed by atoms with Crippen LogP contribution in [0.1, 0.15) is 36.8 Å². The summed E-state index contributed by atoms with van der Waals surface area (Å²) in [7, 11) is -3.56. The molecule has 1 atom stereocenters. The molecule has 0 bridgehead atoms. The standard InChI is InChI=1S/C19H23N3O2S/c1-14(20)21-13-16-7-5-6-15-12-17(10-11-19(15)16)22-25(23,24)18-8-3-2-4-9-18/h2-4,8-12,16,22H,5-7,13H2,1H3,(H2,20,21). The Morgan fingerprint density at radius 1 is 1.24 bits per heavy atom. The van der Waals surface area contributed by atoms with Gasteiger partial charge in [0.15, 0.2) is 0 Å². The molecule has 132 valence electrons. The predicted octanol–water partition coefficient (Wildman–Crippen LogP) is 3.28. The molecule has 0 heterocycles. The lowest BCUT2D eigenvalue weighted by Gasteiger charge is -2.25. The Kier molecular flexibility index (Phi) is 5.08. The summed E-state index contributed by atoms with van der Waals surface area (Å²) in [5.74, 6) is 0.946. The third kappa shape index (κ3) is 4.20. The Hall–Kier alpha value is -2.34. The molecule has 0 saturated heterocycles. The van der Waals surface area contributed by atoms with Crippen molar-refractivity contribution in [2.24, 2.45) is 10.7 Å². The van der Waals surface area contributed by atoms with E-state index in [0.717, 1.165) is 19.3 Å². The number of fused-ring (bicyclic) bond motifs is 1. The molecule has 2 aromatic rings. The van der Waals surface area contributed by atoms with E-state index in [4.69, 9.17) is 5.73 Å². The number of aryl methyl sites for hydroxylation is 1. The van der Waals surface area contributed by atoms with Crippen LogP contribution in [0.2, 0.25) is 0 Å². The van der Waals surface area contributed by atoms with Crippen LogP contribution in [0.15, 0.2) is 58.4 Å². The zero-order valence-electron chi connectivity index (χ0n) is 14.3. The number of sulfonamides is 1. The summed E-state index contributed by atoms with van der Waals surface area (Å²) in [6.45, 7) is 2.48. The maximum absolute atomic E-state index is 12.5. The molecule has 1 unspecified atom stereocenters. The first-order valence-electron chi connectivity index (χ1n) is 8.43. The number of nitrogens with two attached hydrogens (primary N) is 1. The summed E-state index contributed by atoms with van der Waals surface area (Å²) < 4.78 is 27.6. The van der Waals surface area contributed by atoms with Gasteiger partial charge in [-0.15, -0.1) is 0 Å². The molecule has 3 N–H and O–H groups in total. The molecule has 0 aromatic heterocycles. The van der Waals surface area contributed by atoms with E-state index < -0.39 is 10.0 Å². The molecular weight excluding hydrogens is 334 g/mol. The van der Waals surface area contributed by atoms with Gasteiger partial charge in [-0.25, -0.2) is 8.42 Å². The third-order valence-corrected chi connectivity index (χ3v) is 5.85. The number of amidine groups is 1. The van der Waals surface area contributed by atoms with Crippen LogP contribution in [0.4, 0.5) is 5.69 Å². The normalized spacial score (nSPS) is 17.8. The van der Waals surface area contributed by atoms with E-state index in [-0.39, 0.29) is 4.90 Å². The van der Waals surface area contributed by atoms with Crippen molar-refractivity contribution in [1.82, 2.24) is 0 Å². The van der Waals surface area contributed by atoms with Crippen molar-refractivity contribution in [3.63, 3.8) is 0 Å². The Bertz CT molecular complexity index is 873. The number of hydrogen-bond acceptors (Lipinski definition) is 3. The van der Waals surface area contributed by atoms with Crippen LogP contribution in [0.5, 0.6) is 0 Å². The minimum Gasteiger partial charge on any atom is -0.388 e. The Morgan fingerprint density at radius 2 is 2.00 bits per heavy atom. The Balaban J connectivity index is 1.83. The molecule has 5 nitrogen and oxygen atoms in total. The van der Waals surface area contributed by atoms with E-state index >= 15 is 0 Å². The minimum absolute atomic E-state index is 0.262. The predicted molar refractivity (Wildman–Crippen MR) is 102 cm³/mol. The fraction of sp³-hybridized carbons (Fsp3) is 0.316. The van der Waals surface area contributed by atoms with Gasteiger partial charge in [-0.1, -0.05) is 24.3 Å². The maximum atomic E-state index is 12.5. The first-order chi connectivity index (χ1) is 12.0. The maximum Gasteiger partial charge on any atom is 0.261 e. The van der Waals surface area contributed by atoms with Gasteiger partial charge in [-0.05, 0) is 61.6 Å². The van der Waals surface area contributed by atoms with Gasteiger partial charge in [0.2, 0.25) is 0 Å². The first-order valence-corrected chi connectivity index (χ1v) is 9.91. The van der Waals surface area contributed by atoms with Gasteiger partial charge < -0.3 is 5.73 Å². The van der Waals surface area contributed by atoms with Crippen molar-refractivity contribution >= 4 is 21.5 Å². The van der Waals surface area contributed by atoms with Crippen molar-refractivity contribution in [3.8, 4) is 0 Å². The van der Waals surface area contributed by atoms with Gasteiger partial charge in [0.25, 0.3) is 10.0 Å². The number of benzene rings is 2. The molecule has 1 aliphatic rings. The van der Waals surface area contributed by atoms with E-state index in [0.29, 0.717) is 24.0 Å². The molecule has 2 aromatic carbocycles. The largest absolute Gasteiger partial charge is 0.388 e. The SMILES string of the molecule is C/C(N)=N\CC1CCCc2cc(NS(=O)(=O)c3ccccc3)ccc21. The lowest BCUT2D eigenvalue weighted by Crippen LogP contribution is -2.16. The molecule has 1 aliphatic carbocycles. The number of anilines is 1. The summed E-state index contributed by atoms with van der Waals surface area (Å²) >= 11 is 0. The quantitative estimate of drug-likeness (QED) is 0.636. The molecule has 0 radical (unpaired) electrons. The summed E-state index contributed by atoms with van der Waals surface area (Å²) in [6, 6.07) is 14.2. The number of rotatable bonds is 5. The molecule has 0 amide bonds. The highest BCUT2D eigenvalue weighted by molar-refractivity contribution is 7.92. The van der Waals surface area contributed by atoms with Crippen LogP contribution in [0.3, 0.4) is 0 Å². The zero-order valence-corrected chi connectivity index (χ0v) is 15.1. The van der Waals surface area contributed by atoms with Gasteiger partial charge in [0, 0.05) is 18.2 Å². The number of aliphatic imine (C=N–C) groups is 1. The second-order valence-electron chi connectivity index (χ2n) is 6.40. The highest BCUT2D eigenvalue weighted by atomic mass is 32.2. The first kappa shape index (κ1) is 17.5. The van der Waals surface area contributed by atoms with Crippen molar-refractivity contribution in [2.75, 3.05) is 11.3 Å². The van der Waals surface area contributed by atoms with Crippen LogP contribution in [-0.2, 0) is 16.4 Å². The topological polar surface area (TPSA) is 84.5 Å². The summed E-state index contributed by atoms with van der Waals surface area (Å²) in [4.78, 5) is 4.61. The van der Waals surface area contributed by atoms with E-state index in [9.17, 15) is 8.42 Å². The van der Waals surface area contributed by atoms with Gasteiger partial charge in [0.1, 0.15) is 0 Å². The van der Waals surface area contributed by atoms with Gasteiger partial charge in [-0.2, -0.15) is 0 Å². The fourth-order valence-corrected chi connectivity index (χ4v) is 4.31. The van der Waals surface area contributed by atoms with Gasteiger partial charge in [-0.3, -0.25) is 9.71 Å². The molecular formula is C19H23N3O2S. The Morgan fingerprint density at radius 3 is 2.72 bits per heavy atom. The highest BCUT2D eigenvalue weighted by Crippen LogP contribution is 2.34. The smallest absolute Gasteiger partial charge is 0.261 e. The van der Waals surface area contributed by atoms with Crippen LogP contribution in [0.25, 0.3) is 0 Å². The van der Waals surface area contributed by atoms with E-state index in [1.54, 1.807) is 37.3 Å². The summed E-state index contributed by atoms with van der Waals surface area (Å²) in [5.41, 5.74) is 8.69. The second-order valence-corrected chi connectivity index (χ2v) is 8.09. The van der Waals surface area contributed by atoms with E-state index in [1.165, 1.54) is 11.1 Å². The van der Waals surface area contributed by atoms with Crippen molar-refractivity contribution in [2.45, 2.75) is 37.0 Å². The lowest BCUT2D eigenvalue weighted by atomic mass is 9.82. The molecule has 0 aliphatic heterocycles. The van der Waals surface area contributed by atoms with Crippen LogP contribution < -0.4 is 10.5 Å². The zero-order chi connectivity index (χ0) is 17.9. The molecule has 3 rings (SSSR count). The van der Waals surface area contributed by atoms with Crippen molar-refractivity contribution in [3.05, 3.63) is 59.7 Å². The number of nitrogens with zero attached hydrogens (tertiary/aromatic N) is 1. The summed E-state index contributed by atoms with van der Waals surface area (Å²) in [6.07, 6.45) is 3.11. The minimum atomic E-state index is -3.56. The molecule has 6 heteroatoms.